The molecule has 2 aliphatic heterocycles. The fourth-order valence-electron chi connectivity index (χ4n) is 7.98. The zero-order valence-corrected chi connectivity index (χ0v) is 51.7. The van der Waals surface area contributed by atoms with Gasteiger partial charge in [0.25, 0.3) is 0 Å². The highest BCUT2D eigenvalue weighted by atomic mass is 32.2. The first-order valence-electron chi connectivity index (χ1n) is 25.8. The van der Waals surface area contributed by atoms with Gasteiger partial charge in [0, 0.05) is 61.8 Å². The molecule has 6 aromatic rings. The third-order valence-electron chi connectivity index (χ3n) is 12.0. The van der Waals surface area contributed by atoms with Crippen LogP contribution in [-0.2, 0) is 57.4 Å². The molecule has 542 valence electrons. The van der Waals surface area contributed by atoms with Crippen LogP contribution in [-0.4, -0.2) is 160 Å². The Kier molecular flexibility index (Phi) is 30.6. The number of aldehydes is 2. The summed E-state index contributed by atoms with van der Waals surface area (Å²) in [7, 11) is -14.2. The third kappa shape index (κ3) is 27.4. The Morgan fingerprint density at radius 1 is 0.490 bits per heavy atom. The quantitative estimate of drug-likeness (QED) is 0.0442. The number of piperazine rings is 2. The molecule has 4 heterocycles. The first kappa shape index (κ1) is 85.6. The number of carbonyl (C=O) groups is 2. The zero-order valence-electron chi connectivity index (χ0n) is 47.6. The van der Waals surface area contributed by atoms with Gasteiger partial charge >= 0.3 is 73.5 Å². The Balaban J connectivity index is 0.000000479. The van der Waals surface area contributed by atoms with E-state index < -0.39 is 105 Å². The molecule has 1 N–H and O–H groups in total. The predicted octanol–water partition coefficient (Wildman–Crippen LogP) is 14.0. The van der Waals surface area contributed by atoms with E-state index in [9.17, 15) is 117 Å². The van der Waals surface area contributed by atoms with Gasteiger partial charge in [0.15, 0.2) is 6.61 Å². The van der Waals surface area contributed by atoms with E-state index >= 15 is 0 Å². The van der Waals surface area contributed by atoms with Gasteiger partial charge in [0.2, 0.25) is 12.6 Å². The Bertz CT molecular complexity index is 3760. The van der Waals surface area contributed by atoms with Crippen LogP contribution in [0.2, 0.25) is 0 Å². The molecule has 2 saturated heterocycles. The van der Waals surface area contributed by atoms with E-state index in [1.807, 2.05) is 55.5 Å². The minimum atomic E-state index is -6.15. The summed E-state index contributed by atoms with van der Waals surface area (Å²) < 4.78 is 335. The topological polar surface area (TPSA) is 192 Å². The van der Waals surface area contributed by atoms with Crippen molar-refractivity contribution >= 4 is 96.0 Å². The standard InChI is InChI=1S/C23H23F6N3O3S2.C21H22F3N3O3S2.C3H2F6O3S.2C2HF3O.2CH4/c1-16-19-4-2-3-5-20(19)36-21(16)32(14-17-6-8-18(9-7-17)35-23(27,28)29)37(33,34)31-12-10-30(11-13-31)15-22(24,25)26;1-15-18-4-2-3-5-19(18)31-20(15)27(32(28,29)26-12-10-25-11-13-26)14-16-6-8-17(9-7-16)30-21(22,23)24;4-2(5,6)1-12-13(10,11)3(7,8)9;2*3-2(4,5)1-6;;/h2-9H,10-15H2,1H3;2-9,25H,10-14H2,1H3;1H2;2*1H;2*1H4. The normalized spacial score (nSPS) is 14.9. The van der Waals surface area contributed by atoms with Crippen LogP contribution in [0, 0.1) is 13.8 Å². The first-order valence-corrected chi connectivity index (χ1v) is 31.6. The van der Waals surface area contributed by atoms with Gasteiger partial charge in [0.05, 0.1) is 19.6 Å². The number of fused-ring (bicyclic) bond motifs is 2. The maximum Gasteiger partial charge on any atom is 0.573 e. The van der Waals surface area contributed by atoms with E-state index in [0.717, 1.165) is 47.1 Å². The van der Waals surface area contributed by atoms with Crippen LogP contribution >= 0.6 is 22.7 Å². The minimum Gasteiger partial charge on any atom is -0.406 e. The van der Waals surface area contributed by atoms with E-state index in [1.165, 1.54) is 72.0 Å². The molecule has 2 aromatic heterocycles. The van der Waals surface area contributed by atoms with Crippen molar-refractivity contribution in [1.29, 1.82) is 0 Å². The van der Waals surface area contributed by atoms with Crippen molar-refractivity contribution in [2.45, 2.75) is 84.7 Å². The number of thiophene rings is 2. The van der Waals surface area contributed by atoms with Gasteiger partial charge in [-0.3, -0.25) is 18.7 Å². The summed E-state index contributed by atoms with van der Waals surface area (Å²) >= 11 is 2.63. The average molecular weight is 1510 g/mol. The lowest BCUT2D eigenvalue weighted by Crippen LogP contribution is -2.54. The van der Waals surface area contributed by atoms with E-state index in [2.05, 4.69) is 19.0 Å². The average Bonchev–Trinajstić information content (AvgIpc) is 1.56. The number of halogens is 21. The fourth-order valence-corrected chi connectivity index (χ4v) is 14.6. The first-order chi connectivity index (χ1) is 43.0. The highest BCUT2D eigenvalue weighted by molar-refractivity contribution is 7.91. The third-order valence-corrected chi connectivity index (χ3v) is 19.6. The van der Waals surface area contributed by atoms with Crippen LogP contribution in [0.4, 0.5) is 102 Å². The number of hydrogen-bond acceptors (Lipinski definition) is 15. The molecule has 4 aromatic carbocycles. The molecule has 96 heavy (non-hydrogen) atoms. The number of hydrogen-bond donors (Lipinski definition) is 1. The molecule has 0 radical (unpaired) electrons. The van der Waals surface area contributed by atoms with E-state index in [0.29, 0.717) is 52.9 Å². The van der Waals surface area contributed by atoms with Gasteiger partial charge in [0.1, 0.15) is 21.5 Å². The van der Waals surface area contributed by atoms with Crippen molar-refractivity contribution in [3.8, 4) is 11.5 Å². The highest BCUT2D eigenvalue weighted by Crippen LogP contribution is 2.42. The van der Waals surface area contributed by atoms with Gasteiger partial charge in [-0.25, -0.2) is 8.61 Å². The van der Waals surface area contributed by atoms with Crippen molar-refractivity contribution in [2.75, 3.05) is 74.1 Å². The maximum atomic E-state index is 13.8. The fraction of sp³-hybridized carbons (Fsp3) is 0.434. The van der Waals surface area contributed by atoms with E-state index in [1.54, 1.807) is 6.92 Å². The molecule has 0 amide bonds. The van der Waals surface area contributed by atoms with Crippen molar-refractivity contribution in [2.24, 2.45) is 0 Å². The van der Waals surface area contributed by atoms with Crippen molar-refractivity contribution in [3.05, 3.63) is 119 Å². The Labute approximate surface area is 543 Å². The molecule has 17 nitrogen and oxygen atoms in total. The van der Waals surface area contributed by atoms with Crippen molar-refractivity contribution < 1.29 is 141 Å². The van der Waals surface area contributed by atoms with Crippen LogP contribution in [0.25, 0.3) is 20.2 Å². The van der Waals surface area contributed by atoms with Crippen molar-refractivity contribution in [3.63, 3.8) is 0 Å². The summed E-state index contributed by atoms with van der Waals surface area (Å²) in [5.74, 6) is -0.791. The minimum absolute atomic E-state index is 0. The number of benzene rings is 4. The number of ether oxygens (including phenoxy) is 2. The largest absolute Gasteiger partial charge is 0.573 e. The zero-order chi connectivity index (χ0) is 71.3. The van der Waals surface area contributed by atoms with Gasteiger partial charge in [-0.05, 0) is 83.3 Å². The van der Waals surface area contributed by atoms with Gasteiger partial charge in [-0.2, -0.15) is 99.7 Å². The van der Waals surface area contributed by atoms with Crippen LogP contribution in [0.15, 0.2) is 97.1 Å². The molecular formula is C53H57F21N6O11S5. The molecule has 2 aliphatic rings. The van der Waals surface area contributed by atoms with Gasteiger partial charge < -0.3 is 14.8 Å². The molecule has 0 aliphatic carbocycles. The molecular weight excluding hydrogens is 1460 g/mol. The van der Waals surface area contributed by atoms with Gasteiger partial charge in [-0.15, -0.1) is 49.0 Å². The molecule has 0 atom stereocenters. The van der Waals surface area contributed by atoms with Crippen LogP contribution in [0.3, 0.4) is 0 Å². The van der Waals surface area contributed by atoms with Crippen molar-refractivity contribution in [1.82, 2.24) is 18.8 Å². The monoisotopic (exact) mass is 1510 g/mol. The molecule has 43 heteroatoms. The predicted molar refractivity (Wildman–Crippen MR) is 313 cm³/mol. The summed E-state index contributed by atoms with van der Waals surface area (Å²) in [4.78, 5) is 18.6. The Morgan fingerprint density at radius 2 is 0.823 bits per heavy atom. The number of anilines is 2. The second kappa shape index (κ2) is 34.3. The SMILES string of the molecule is C.C.Cc1c(N(Cc2ccc(OC(F)(F)F)cc2)S(=O)(=O)N2CCN(CC(F)(F)F)CC2)sc2ccccc12.Cc1c(N(Cc2ccc(OC(F)(F)F)cc2)S(=O)(=O)N2CCNCC2)sc2ccccc12.O=CC(F)(F)F.O=CC(F)(F)F.O=S(=O)(OCC(F)(F)F)C(F)(F)F. The number of alkyl halides is 21. The van der Waals surface area contributed by atoms with E-state index in [-0.39, 0.29) is 59.9 Å². The molecule has 2 fully saturated rings. The molecule has 0 bridgehead atoms. The smallest absolute Gasteiger partial charge is 0.406 e. The number of aryl methyl sites for hydroxylation is 2. The molecule has 0 saturated carbocycles. The lowest BCUT2D eigenvalue weighted by atomic mass is 10.2. The van der Waals surface area contributed by atoms with Crippen LogP contribution in [0.1, 0.15) is 37.1 Å². The number of nitrogens with zero attached hydrogens (tertiary/aromatic N) is 5. The Morgan fingerprint density at radius 3 is 1.11 bits per heavy atom. The summed E-state index contributed by atoms with van der Waals surface area (Å²) in [6.07, 6.45) is -30.6. The molecule has 8 rings (SSSR count). The number of carbonyl (C=O) groups excluding carboxylic acids is 2. The second-order valence-electron chi connectivity index (χ2n) is 19.0. The second-order valence-corrected chi connectivity index (χ2v) is 26.4. The van der Waals surface area contributed by atoms with Crippen LogP contribution < -0.4 is 23.4 Å². The van der Waals surface area contributed by atoms with Gasteiger partial charge in [-0.1, -0.05) is 75.5 Å². The molecule has 0 unspecified atom stereocenters. The summed E-state index contributed by atoms with van der Waals surface area (Å²) in [6.45, 7) is 1.24. The lowest BCUT2D eigenvalue weighted by molar-refractivity contribution is -0.275. The van der Waals surface area contributed by atoms with Crippen LogP contribution in [0.5, 0.6) is 11.5 Å². The Hall–Kier alpha value is -6.48. The van der Waals surface area contributed by atoms with E-state index in [4.69, 9.17) is 9.59 Å². The summed E-state index contributed by atoms with van der Waals surface area (Å²) in [5, 5.41) is 6.00. The summed E-state index contributed by atoms with van der Waals surface area (Å²) in [6, 6.07) is 25.2. The lowest BCUT2D eigenvalue weighted by Gasteiger charge is -2.37. The maximum absolute atomic E-state index is 13.8. The summed E-state index contributed by atoms with van der Waals surface area (Å²) in [5.41, 5.74) is -3.32. The number of rotatable bonds is 15. The molecule has 0 spiro atoms. The number of nitrogens with one attached hydrogen (secondary N) is 1. The highest BCUT2D eigenvalue weighted by Gasteiger charge is 2.49.